The molecule has 0 saturated carbocycles. The van der Waals surface area contributed by atoms with E-state index in [1.807, 2.05) is 13.0 Å². The average molecular weight is 340 g/mol. The van der Waals surface area contributed by atoms with Gasteiger partial charge in [-0.05, 0) is 66.3 Å². The van der Waals surface area contributed by atoms with Crippen LogP contribution in [0.5, 0.6) is 0 Å². The van der Waals surface area contributed by atoms with Gasteiger partial charge in [0, 0.05) is 16.7 Å². The van der Waals surface area contributed by atoms with Crippen LogP contribution >= 0.6 is 0 Å². The zero-order valence-electron chi connectivity index (χ0n) is 15.2. The van der Waals surface area contributed by atoms with Crippen molar-refractivity contribution >= 4 is 11.5 Å². The highest BCUT2D eigenvalue weighted by Gasteiger charge is 2.27. The van der Waals surface area contributed by atoms with E-state index in [-0.39, 0.29) is 11.0 Å². The summed E-state index contributed by atoms with van der Waals surface area (Å²) in [5.41, 5.74) is 5.59. The number of hydrogen-bond acceptors (Lipinski definition) is 1. The van der Waals surface area contributed by atoms with Crippen molar-refractivity contribution in [3.05, 3.63) is 76.4 Å². The molecule has 1 N–H and O–H groups in total. The second kappa shape index (κ2) is 6.95. The van der Waals surface area contributed by atoms with E-state index >= 15 is 0 Å². The second-order valence-corrected chi connectivity index (χ2v) is 6.97. The zero-order valence-corrected chi connectivity index (χ0v) is 15.2. The Morgan fingerprint density at radius 3 is 2.31 bits per heavy atom. The molecule has 0 spiro atoms. The minimum atomic E-state index is -0.932. The van der Waals surface area contributed by atoms with Gasteiger partial charge in [-0.2, -0.15) is 0 Å². The fourth-order valence-corrected chi connectivity index (χ4v) is 3.11. The maximum absolute atomic E-state index is 10.9. The summed E-state index contributed by atoms with van der Waals surface area (Å²) < 4.78 is 0. The lowest BCUT2D eigenvalue weighted by molar-refractivity contribution is 0.0697. The molecule has 1 aliphatic rings. The van der Waals surface area contributed by atoms with Crippen LogP contribution < -0.4 is 0 Å². The van der Waals surface area contributed by atoms with Gasteiger partial charge in [0.15, 0.2) is 0 Å². The van der Waals surface area contributed by atoms with Crippen molar-refractivity contribution in [2.45, 2.75) is 32.6 Å². The van der Waals surface area contributed by atoms with Crippen LogP contribution in [-0.2, 0) is 5.41 Å². The molecule has 128 valence electrons. The fraction of sp³-hybridized carbons (Fsp3) is 0.208. The Bertz CT molecular complexity index is 1010. The van der Waals surface area contributed by atoms with E-state index in [0.717, 1.165) is 28.7 Å². The standard InChI is InChI=1S/C24H20O2/c1-4-5-19-14-15-24(2,3)22-13-10-18(16-21(19)22)7-6-17-8-11-20(12-9-17)23(25)26/h8-14,16H,15H2,1-3H3,(H,25,26). The van der Waals surface area contributed by atoms with Crippen LogP contribution in [0.1, 0.15) is 59.8 Å². The van der Waals surface area contributed by atoms with E-state index in [0.29, 0.717) is 0 Å². The van der Waals surface area contributed by atoms with Crippen molar-refractivity contribution in [2.24, 2.45) is 0 Å². The SMILES string of the molecule is CC#CC1=CCC(C)(C)c2ccc(C#Cc3ccc(C(=O)O)cc3)cc21. The van der Waals surface area contributed by atoms with E-state index in [2.05, 4.69) is 55.7 Å². The van der Waals surface area contributed by atoms with Gasteiger partial charge >= 0.3 is 5.97 Å². The molecule has 0 heterocycles. The number of hydrogen-bond donors (Lipinski definition) is 1. The third-order valence-corrected chi connectivity index (χ3v) is 4.60. The Kier molecular flexibility index (Phi) is 4.70. The molecule has 0 aromatic heterocycles. The maximum atomic E-state index is 10.9. The molecular formula is C24H20O2. The number of benzene rings is 2. The summed E-state index contributed by atoms with van der Waals surface area (Å²) in [4.78, 5) is 10.9. The van der Waals surface area contributed by atoms with Crippen LogP contribution in [0.15, 0.2) is 48.5 Å². The van der Waals surface area contributed by atoms with Crippen LogP contribution in [0.25, 0.3) is 5.57 Å². The minimum Gasteiger partial charge on any atom is -0.478 e. The highest BCUT2D eigenvalue weighted by atomic mass is 16.4. The maximum Gasteiger partial charge on any atom is 0.335 e. The number of allylic oxidation sites excluding steroid dienone is 2. The van der Waals surface area contributed by atoms with Crippen LogP contribution in [0.2, 0.25) is 0 Å². The molecule has 2 nitrogen and oxygen atoms in total. The lowest BCUT2D eigenvalue weighted by Crippen LogP contribution is -2.21. The average Bonchev–Trinajstić information content (AvgIpc) is 2.63. The summed E-state index contributed by atoms with van der Waals surface area (Å²) in [7, 11) is 0. The molecule has 0 aliphatic heterocycles. The van der Waals surface area contributed by atoms with E-state index < -0.39 is 5.97 Å². The fourth-order valence-electron chi connectivity index (χ4n) is 3.11. The molecule has 2 aromatic rings. The smallest absolute Gasteiger partial charge is 0.335 e. The van der Waals surface area contributed by atoms with Crippen molar-refractivity contribution in [3.8, 4) is 23.7 Å². The first-order valence-electron chi connectivity index (χ1n) is 8.54. The van der Waals surface area contributed by atoms with Gasteiger partial charge in [0.1, 0.15) is 0 Å². The lowest BCUT2D eigenvalue weighted by Gasteiger charge is -2.31. The van der Waals surface area contributed by atoms with Gasteiger partial charge in [-0.1, -0.05) is 43.8 Å². The van der Waals surface area contributed by atoms with Gasteiger partial charge in [-0.25, -0.2) is 4.79 Å². The van der Waals surface area contributed by atoms with Gasteiger partial charge in [-0.15, -0.1) is 5.92 Å². The van der Waals surface area contributed by atoms with Gasteiger partial charge in [0.2, 0.25) is 0 Å². The predicted molar refractivity (Wildman–Crippen MR) is 105 cm³/mol. The lowest BCUT2D eigenvalue weighted by atomic mass is 9.73. The molecular weight excluding hydrogens is 320 g/mol. The summed E-state index contributed by atoms with van der Waals surface area (Å²) in [6.07, 6.45) is 3.19. The Labute approximate surface area is 154 Å². The Morgan fingerprint density at radius 2 is 1.65 bits per heavy atom. The van der Waals surface area contributed by atoms with Crippen LogP contribution in [0.3, 0.4) is 0 Å². The van der Waals surface area contributed by atoms with Gasteiger partial charge in [0.05, 0.1) is 5.56 Å². The third-order valence-electron chi connectivity index (χ3n) is 4.60. The second-order valence-electron chi connectivity index (χ2n) is 6.97. The van der Waals surface area contributed by atoms with Crippen LogP contribution in [0.4, 0.5) is 0 Å². The third kappa shape index (κ3) is 3.56. The van der Waals surface area contributed by atoms with Crippen LogP contribution in [0, 0.1) is 23.7 Å². The molecule has 0 amide bonds. The topological polar surface area (TPSA) is 37.3 Å². The molecule has 0 unspecified atom stereocenters. The van der Waals surface area contributed by atoms with E-state index in [1.165, 1.54) is 5.56 Å². The molecule has 0 saturated heterocycles. The molecule has 0 fully saturated rings. The summed E-state index contributed by atoms with van der Waals surface area (Å²) in [6.45, 7) is 6.34. The highest BCUT2D eigenvalue weighted by Crippen LogP contribution is 2.38. The first-order valence-corrected chi connectivity index (χ1v) is 8.54. The van der Waals surface area contributed by atoms with Crippen molar-refractivity contribution < 1.29 is 9.90 Å². The number of aromatic carboxylic acids is 1. The Morgan fingerprint density at radius 1 is 1.00 bits per heavy atom. The number of carboxylic acids is 1. The minimum absolute atomic E-state index is 0.0902. The summed E-state index contributed by atoms with van der Waals surface area (Å²) in [5, 5.41) is 8.95. The first kappa shape index (κ1) is 17.6. The monoisotopic (exact) mass is 340 g/mol. The number of carbonyl (C=O) groups is 1. The van der Waals surface area contributed by atoms with E-state index in [4.69, 9.17) is 5.11 Å². The first-order chi connectivity index (χ1) is 12.4. The van der Waals surface area contributed by atoms with Gasteiger partial charge in [-0.3, -0.25) is 0 Å². The molecule has 3 rings (SSSR count). The Balaban J connectivity index is 1.96. The normalized spacial score (nSPS) is 14.0. The molecule has 0 radical (unpaired) electrons. The van der Waals surface area contributed by atoms with Gasteiger partial charge < -0.3 is 5.11 Å². The van der Waals surface area contributed by atoms with Gasteiger partial charge in [0.25, 0.3) is 0 Å². The molecule has 2 aromatic carbocycles. The largest absolute Gasteiger partial charge is 0.478 e. The summed E-state index contributed by atoms with van der Waals surface area (Å²) >= 11 is 0. The highest BCUT2D eigenvalue weighted by molar-refractivity contribution is 5.87. The molecule has 0 bridgehead atoms. The zero-order chi connectivity index (χ0) is 18.7. The van der Waals surface area contributed by atoms with Crippen molar-refractivity contribution in [1.82, 2.24) is 0 Å². The van der Waals surface area contributed by atoms with E-state index in [9.17, 15) is 4.79 Å². The summed E-state index contributed by atoms with van der Waals surface area (Å²) in [6, 6.07) is 12.9. The number of carboxylic acid groups (broad SMARTS) is 1. The molecule has 26 heavy (non-hydrogen) atoms. The number of fused-ring (bicyclic) bond motifs is 1. The Hall–Kier alpha value is -3.23. The number of rotatable bonds is 1. The van der Waals surface area contributed by atoms with Crippen molar-refractivity contribution in [2.75, 3.05) is 0 Å². The van der Waals surface area contributed by atoms with Crippen LogP contribution in [-0.4, -0.2) is 11.1 Å². The quantitative estimate of drug-likeness (QED) is 0.752. The molecule has 2 heteroatoms. The van der Waals surface area contributed by atoms with Crippen molar-refractivity contribution in [3.63, 3.8) is 0 Å². The summed E-state index contributed by atoms with van der Waals surface area (Å²) in [5.74, 6) is 11.5. The molecule has 0 atom stereocenters. The van der Waals surface area contributed by atoms with Crippen molar-refractivity contribution in [1.29, 1.82) is 0 Å². The van der Waals surface area contributed by atoms with E-state index in [1.54, 1.807) is 24.3 Å². The molecule has 1 aliphatic carbocycles. The predicted octanol–water partition coefficient (Wildman–Crippen LogP) is 4.87.